The molecule has 0 atom stereocenters. The molecule has 0 aliphatic carbocycles. The molecule has 0 radical (unpaired) electrons. The minimum absolute atomic E-state index is 0.176. The van der Waals surface area contributed by atoms with E-state index in [0.29, 0.717) is 15.0 Å². The van der Waals surface area contributed by atoms with Gasteiger partial charge in [-0.3, -0.25) is 4.79 Å². The smallest absolute Gasteiger partial charge is 0.281 e. The normalized spacial score (nSPS) is 17.0. The maximum atomic E-state index is 12.3. The number of amides is 1. The van der Waals surface area contributed by atoms with Crippen LogP contribution < -0.4 is 4.83 Å². The van der Waals surface area contributed by atoms with E-state index in [9.17, 15) is 4.79 Å². The summed E-state index contributed by atoms with van der Waals surface area (Å²) < 4.78 is 5.69. The number of carbonyl (C=O) groups is 1. The first-order valence-corrected chi connectivity index (χ1v) is 8.07. The topological polar surface area (TPSA) is 45.5 Å². The molecule has 3 rings (SSSR count). The lowest BCUT2D eigenvalue weighted by Crippen LogP contribution is -2.36. The predicted molar refractivity (Wildman–Crippen MR) is 89.2 cm³/mol. The summed E-state index contributed by atoms with van der Waals surface area (Å²) in [7, 11) is 0. The lowest BCUT2D eigenvalue weighted by atomic mass is 10.4. The second-order valence-electron chi connectivity index (χ2n) is 4.04. The Morgan fingerprint density at radius 1 is 1.24 bits per heavy atom. The van der Waals surface area contributed by atoms with Crippen molar-refractivity contribution in [2.75, 3.05) is 0 Å². The molecule has 0 spiro atoms. The Labute approximate surface area is 135 Å². The Balaban J connectivity index is 1.69. The monoisotopic (exact) mass is 334 g/mol. The van der Waals surface area contributed by atoms with Crippen LogP contribution in [0, 0.1) is 0 Å². The number of benzene rings is 1. The number of hydrogen-bond acceptors (Lipinski definition) is 6. The fourth-order valence-electron chi connectivity index (χ4n) is 1.64. The van der Waals surface area contributed by atoms with Crippen LogP contribution in [0.1, 0.15) is 5.76 Å². The van der Waals surface area contributed by atoms with Crippen LogP contribution in [-0.2, 0) is 4.79 Å². The van der Waals surface area contributed by atoms with Crippen molar-refractivity contribution in [1.82, 2.24) is 9.84 Å². The predicted octanol–water partition coefficient (Wildman–Crippen LogP) is 3.69. The lowest BCUT2D eigenvalue weighted by molar-refractivity contribution is -0.123. The molecule has 1 aliphatic heterocycles. The van der Waals surface area contributed by atoms with Gasteiger partial charge in [-0.15, -0.1) is 0 Å². The van der Waals surface area contributed by atoms with Crippen LogP contribution in [0.4, 0.5) is 0 Å². The van der Waals surface area contributed by atoms with E-state index in [1.54, 1.807) is 24.5 Å². The van der Waals surface area contributed by atoms with Crippen LogP contribution in [0.25, 0.3) is 6.08 Å². The minimum Gasteiger partial charge on any atom is -0.465 e. The molecule has 0 bridgehead atoms. The van der Waals surface area contributed by atoms with E-state index in [1.165, 1.54) is 28.7 Å². The Hall–Kier alpha value is -1.54. The second-order valence-corrected chi connectivity index (χ2v) is 6.57. The number of hydrazine groups is 1. The van der Waals surface area contributed by atoms with Gasteiger partial charge in [-0.05, 0) is 36.2 Å². The van der Waals surface area contributed by atoms with Crippen molar-refractivity contribution < 1.29 is 9.21 Å². The van der Waals surface area contributed by atoms with Crippen LogP contribution in [0.5, 0.6) is 0 Å². The zero-order chi connectivity index (χ0) is 14.7. The van der Waals surface area contributed by atoms with Gasteiger partial charge >= 0.3 is 0 Å². The molecule has 7 heteroatoms. The summed E-state index contributed by atoms with van der Waals surface area (Å²) in [5.74, 6) is 0.455. The van der Waals surface area contributed by atoms with Crippen molar-refractivity contribution in [2.45, 2.75) is 4.90 Å². The molecule has 1 N–H and O–H groups in total. The molecule has 21 heavy (non-hydrogen) atoms. The highest BCUT2D eigenvalue weighted by molar-refractivity contribution is 8.26. The maximum absolute atomic E-state index is 12.3. The van der Waals surface area contributed by atoms with Gasteiger partial charge in [0, 0.05) is 11.0 Å². The highest BCUT2D eigenvalue weighted by atomic mass is 32.2. The van der Waals surface area contributed by atoms with Crippen molar-refractivity contribution in [3.8, 4) is 0 Å². The van der Waals surface area contributed by atoms with Crippen LogP contribution in [-0.4, -0.2) is 15.2 Å². The molecule has 106 valence electrons. The molecule has 0 saturated carbocycles. The summed E-state index contributed by atoms with van der Waals surface area (Å²) in [6, 6.07) is 13.3. The highest BCUT2D eigenvalue weighted by Gasteiger charge is 2.32. The molecule has 2 heterocycles. The molecule has 1 aliphatic rings. The van der Waals surface area contributed by atoms with Crippen LogP contribution >= 0.6 is 35.9 Å². The fourth-order valence-corrected chi connectivity index (χ4v) is 3.58. The Kier molecular flexibility index (Phi) is 4.45. The highest BCUT2D eigenvalue weighted by Crippen LogP contribution is 2.32. The summed E-state index contributed by atoms with van der Waals surface area (Å²) in [6.07, 6.45) is 3.25. The van der Waals surface area contributed by atoms with Gasteiger partial charge in [-0.2, -0.15) is 4.83 Å². The van der Waals surface area contributed by atoms with E-state index in [-0.39, 0.29) is 5.91 Å². The minimum atomic E-state index is -0.176. The third kappa shape index (κ3) is 3.38. The Morgan fingerprint density at radius 2 is 2.05 bits per heavy atom. The SMILES string of the molecule is O=C1/C(=C/c2ccco2)SC(=S)N1NSc1ccccc1. The van der Waals surface area contributed by atoms with Gasteiger partial charge in [0.25, 0.3) is 5.91 Å². The fraction of sp³-hybridized carbons (Fsp3) is 0. The van der Waals surface area contributed by atoms with E-state index in [4.69, 9.17) is 16.6 Å². The Morgan fingerprint density at radius 3 is 2.76 bits per heavy atom. The average molecular weight is 334 g/mol. The number of furan rings is 1. The number of rotatable bonds is 4. The quantitative estimate of drug-likeness (QED) is 0.523. The number of nitrogens with one attached hydrogen (secondary N) is 1. The van der Waals surface area contributed by atoms with Gasteiger partial charge in [-0.25, -0.2) is 5.01 Å². The number of hydrogen-bond donors (Lipinski definition) is 1. The standard InChI is InChI=1S/C14H10N2O2S3/c17-13-12(9-10-5-4-8-18-10)20-14(19)16(13)15-21-11-6-2-1-3-7-11/h1-9,15H/b12-9-. The van der Waals surface area contributed by atoms with Crippen LogP contribution in [0.15, 0.2) is 62.9 Å². The molecule has 2 aromatic rings. The third-order valence-electron chi connectivity index (χ3n) is 2.61. The van der Waals surface area contributed by atoms with E-state index in [2.05, 4.69) is 4.83 Å². The summed E-state index contributed by atoms with van der Waals surface area (Å²) in [6.45, 7) is 0. The first-order chi connectivity index (χ1) is 10.2. The third-order valence-corrected chi connectivity index (χ3v) is 4.69. The molecule has 1 saturated heterocycles. The molecule has 1 amide bonds. The van der Waals surface area contributed by atoms with Crippen molar-refractivity contribution in [3.05, 3.63) is 59.4 Å². The Bertz CT molecular complexity index is 684. The van der Waals surface area contributed by atoms with E-state index < -0.39 is 0 Å². The lowest BCUT2D eigenvalue weighted by Gasteiger charge is -2.14. The maximum Gasteiger partial charge on any atom is 0.281 e. The van der Waals surface area contributed by atoms with Crippen molar-refractivity contribution in [2.24, 2.45) is 0 Å². The second kappa shape index (κ2) is 6.48. The van der Waals surface area contributed by atoms with Gasteiger partial charge in [0.2, 0.25) is 0 Å². The molecule has 1 aromatic carbocycles. The van der Waals surface area contributed by atoms with Crippen LogP contribution in [0.3, 0.4) is 0 Å². The summed E-state index contributed by atoms with van der Waals surface area (Å²) in [5.41, 5.74) is 0. The molecule has 1 aromatic heterocycles. The van der Waals surface area contributed by atoms with Crippen molar-refractivity contribution in [1.29, 1.82) is 0 Å². The molecular formula is C14H10N2O2S3. The van der Waals surface area contributed by atoms with E-state index in [1.807, 2.05) is 30.3 Å². The van der Waals surface area contributed by atoms with Crippen molar-refractivity contribution >= 4 is 52.2 Å². The van der Waals surface area contributed by atoms with E-state index >= 15 is 0 Å². The average Bonchev–Trinajstić information content (AvgIpc) is 3.09. The van der Waals surface area contributed by atoms with Gasteiger partial charge in [0.15, 0.2) is 4.32 Å². The van der Waals surface area contributed by atoms with Gasteiger partial charge in [0.05, 0.1) is 11.2 Å². The first kappa shape index (κ1) is 14.4. The van der Waals surface area contributed by atoms with E-state index in [0.717, 1.165) is 4.90 Å². The summed E-state index contributed by atoms with van der Waals surface area (Å²) >= 11 is 7.81. The zero-order valence-corrected chi connectivity index (χ0v) is 13.1. The molecular weight excluding hydrogens is 324 g/mol. The summed E-state index contributed by atoms with van der Waals surface area (Å²) in [4.78, 5) is 16.8. The van der Waals surface area contributed by atoms with Crippen molar-refractivity contribution in [3.63, 3.8) is 0 Å². The largest absolute Gasteiger partial charge is 0.465 e. The first-order valence-electron chi connectivity index (χ1n) is 6.03. The zero-order valence-electron chi connectivity index (χ0n) is 10.7. The number of carbonyl (C=O) groups excluding carboxylic acids is 1. The summed E-state index contributed by atoms with van der Waals surface area (Å²) in [5, 5.41) is 1.37. The van der Waals surface area contributed by atoms with Crippen LogP contribution in [0.2, 0.25) is 0 Å². The molecule has 4 nitrogen and oxygen atoms in total. The molecule has 0 unspecified atom stereocenters. The molecule has 1 fully saturated rings. The number of thioether (sulfide) groups is 1. The van der Waals surface area contributed by atoms with Gasteiger partial charge < -0.3 is 4.42 Å². The number of nitrogens with zero attached hydrogens (tertiary/aromatic N) is 1. The van der Waals surface area contributed by atoms with Gasteiger partial charge in [-0.1, -0.05) is 42.2 Å². The van der Waals surface area contributed by atoms with Gasteiger partial charge in [0.1, 0.15) is 5.76 Å². The number of thiocarbonyl (C=S) groups is 1.